The van der Waals surface area contributed by atoms with Gasteiger partial charge in [0, 0.05) is 24.6 Å². The van der Waals surface area contributed by atoms with Crippen LogP contribution in [0.4, 0.5) is 4.39 Å². The summed E-state index contributed by atoms with van der Waals surface area (Å²) in [6, 6.07) is 8.66. The fourth-order valence-corrected chi connectivity index (χ4v) is 2.19. The molecule has 0 bridgehead atoms. The monoisotopic (exact) mass is 276 g/mol. The molecule has 0 radical (unpaired) electrons. The molecule has 2 aromatic rings. The average Bonchev–Trinajstić information content (AvgIpc) is 2.93. The predicted molar refractivity (Wildman–Crippen MR) is 77.2 cm³/mol. The van der Waals surface area contributed by atoms with Gasteiger partial charge in [0.15, 0.2) is 0 Å². The van der Waals surface area contributed by atoms with Crippen molar-refractivity contribution in [3.05, 3.63) is 53.6 Å². The summed E-state index contributed by atoms with van der Waals surface area (Å²) in [6.07, 6.45) is 3.66. The molecule has 2 rings (SSSR count). The maximum atomic E-state index is 12.9. The Balaban J connectivity index is 2.10. The van der Waals surface area contributed by atoms with Crippen molar-refractivity contribution in [1.82, 2.24) is 9.78 Å². The number of halogens is 1. The molecule has 0 aliphatic heterocycles. The lowest BCUT2D eigenvalue weighted by atomic mass is 9.95. The van der Waals surface area contributed by atoms with Crippen molar-refractivity contribution in [3.8, 4) is 0 Å². The standard InChI is InChI=1S/C16H21FN2O/c1-3-12(2)19-9-8-16(18-19)10-14(11-20)13-4-6-15(17)7-5-13/h4-9,12,14,20H,3,10-11H2,1-2H3. The molecule has 0 fully saturated rings. The lowest BCUT2D eigenvalue weighted by Crippen LogP contribution is -2.10. The average molecular weight is 276 g/mol. The van der Waals surface area contributed by atoms with Crippen LogP contribution in [0.1, 0.15) is 43.5 Å². The van der Waals surface area contributed by atoms with E-state index >= 15 is 0 Å². The summed E-state index contributed by atoms with van der Waals surface area (Å²) in [5.41, 5.74) is 1.89. The van der Waals surface area contributed by atoms with Crippen LogP contribution in [-0.2, 0) is 6.42 Å². The van der Waals surface area contributed by atoms with E-state index in [0.29, 0.717) is 12.5 Å². The summed E-state index contributed by atoms with van der Waals surface area (Å²) in [7, 11) is 0. The Labute approximate surface area is 119 Å². The zero-order valence-corrected chi connectivity index (χ0v) is 12.0. The number of nitrogens with zero attached hydrogens (tertiary/aromatic N) is 2. The third-order valence-electron chi connectivity index (χ3n) is 3.72. The van der Waals surface area contributed by atoms with Gasteiger partial charge in [-0.3, -0.25) is 4.68 Å². The molecular weight excluding hydrogens is 255 g/mol. The molecule has 0 aliphatic carbocycles. The molecule has 2 atom stereocenters. The number of aromatic nitrogens is 2. The summed E-state index contributed by atoms with van der Waals surface area (Å²) in [5.74, 6) is -0.303. The number of aliphatic hydroxyl groups excluding tert-OH is 1. The second kappa shape index (κ2) is 6.66. The van der Waals surface area contributed by atoms with Gasteiger partial charge in [0.05, 0.1) is 12.3 Å². The number of hydrogen-bond donors (Lipinski definition) is 1. The molecule has 0 saturated heterocycles. The molecule has 0 aliphatic rings. The topological polar surface area (TPSA) is 38.0 Å². The first-order valence-corrected chi connectivity index (χ1v) is 7.04. The van der Waals surface area contributed by atoms with Gasteiger partial charge in [0.2, 0.25) is 0 Å². The van der Waals surface area contributed by atoms with Crippen molar-refractivity contribution < 1.29 is 9.50 Å². The minimum atomic E-state index is -0.258. The predicted octanol–water partition coefficient (Wildman–Crippen LogP) is 3.31. The van der Waals surface area contributed by atoms with E-state index < -0.39 is 0 Å². The first-order chi connectivity index (χ1) is 9.63. The van der Waals surface area contributed by atoms with Gasteiger partial charge in [-0.2, -0.15) is 5.10 Å². The Bertz CT molecular complexity index is 536. The zero-order valence-electron chi connectivity index (χ0n) is 12.0. The summed E-state index contributed by atoms with van der Waals surface area (Å²) in [6.45, 7) is 4.28. The SMILES string of the molecule is CCC(C)n1ccc(CC(CO)c2ccc(F)cc2)n1. The summed E-state index contributed by atoms with van der Waals surface area (Å²) in [5, 5.41) is 14.1. The molecule has 1 aromatic carbocycles. The molecule has 0 spiro atoms. The first-order valence-electron chi connectivity index (χ1n) is 7.04. The van der Waals surface area contributed by atoms with Gasteiger partial charge in [0.1, 0.15) is 5.82 Å². The van der Waals surface area contributed by atoms with Crippen LogP contribution in [0.2, 0.25) is 0 Å². The van der Waals surface area contributed by atoms with E-state index in [1.54, 1.807) is 12.1 Å². The van der Waals surface area contributed by atoms with Crippen molar-refractivity contribution in [3.63, 3.8) is 0 Å². The highest BCUT2D eigenvalue weighted by atomic mass is 19.1. The van der Waals surface area contributed by atoms with Crippen molar-refractivity contribution in [2.24, 2.45) is 0 Å². The molecule has 1 aromatic heterocycles. The van der Waals surface area contributed by atoms with E-state index in [4.69, 9.17) is 0 Å². The largest absolute Gasteiger partial charge is 0.396 e. The molecule has 1 heterocycles. The maximum Gasteiger partial charge on any atom is 0.123 e. The third-order valence-corrected chi connectivity index (χ3v) is 3.72. The van der Waals surface area contributed by atoms with E-state index in [9.17, 15) is 9.50 Å². The molecule has 108 valence electrons. The lowest BCUT2D eigenvalue weighted by Gasteiger charge is -2.13. The maximum absolute atomic E-state index is 12.9. The van der Waals surface area contributed by atoms with Crippen LogP contribution in [0.3, 0.4) is 0 Å². The van der Waals surface area contributed by atoms with Crippen molar-refractivity contribution in [1.29, 1.82) is 0 Å². The fraction of sp³-hybridized carbons (Fsp3) is 0.438. The Morgan fingerprint density at radius 1 is 1.25 bits per heavy atom. The van der Waals surface area contributed by atoms with Crippen LogP contribution < -0.4 is 0 Å². The van der Waals surface area contributed by atoms with Gasteiger partial charge < -0.3 is 5.11 Å². The molecule has 3 nitrogen and oxygen atoms in total. The lowest BCUT2D eigenvalue weighted by molar-refractivity contribution is 0.263. The molecule has 0 saturated carbocycles. The quantitative estimate of drug-likeness (QED) is 0.879. The second-order valence-corrected chi connectivity index (χ2v) is 5.18. The van der Waals surface area contributed by atoms with E-state index in [0.717, 1.165) is 17.7 Å². The van der Waals surface area contributed by atoms with Gasteiger partial charge in [-0.15, -0.1) is 0 Å². The molecule has 0 amide bonds. The number of hydrogen-bond acceptors (Lipinski definition) is 2. The minimum Gasteiger partial charge on any atom is -0.396 e. The Morgan fingerprint density at radius 2 is 1.95 bits per heavy atom. The zero-order chi connectivity index (χ0) is 14.5. The molecular formula is C16H21FN2O. The number of benzene rings is 1. The Morgan fingerprint density at radius 3 is 2.55 bits per heavy atom. The molecule has 1 N–H and O–H groups in total. The highest BCUT2D eigenvalue weighted by Crippen LogP contribution is 2.21. The fourth-order valence-electron chi connectivity index (χ4n) is 2.19. The highest BCUT2D eigenvalue weighted by Gasteiger charge is 2.14. The van der Waals surface area contributed by atoms with Crippen molar-refractivity contribution in [2.75, 3.05) is 6.61 Å². The summed E-state index contributed by atoms with van der Waals surface area (Å²) < 4.78 is 14.9. The molecule has 2 unspecified atom stereocenters. The van der Waals surface area contributed by atoms with Crippen LogP contribution in [0.15, 0.2) is 36.5 Å². The summed E-state index contributed by atoms with van der Waals surface area (Å²) >= 11 is 0. The van der Waals surface area contributed by atoms with E-state index in [1.807, 2.05) is 16.9 Å². The molecule has 4 heteroatoms. The van der Waals surface area contributed by atoms with Crippen LogP contribution in [0, 0.1) is 5.82 Å². The second-order valence-electron chi connectivity index (χ2n) is 5.18. The smallest absolute Gasteiger partial charge is 0.123 e. The van der Waals surface area contributed by atoms with E-state index in [1.165, 1.54) is 12.1 Å². The first kappa shape index (κ1) is 14.7. The van der Waals surface area contributed by atoms with Gasteiger partial charge in [-0.05, 0) is 37.1 Å². The molecule has 20 heavy (non-hydrogen) atoms. The third kappa shape index (κ3) is 3.45. The van der Waals surface area contributed by atoms with Gasteiger partial charge in [-0.1, -0.05) is 19.1 Å². The highest BCUT2D eigenvalue weighted by molar-refractivity contribution is 5.22. The Kier molecular flexibility index (Phi) is 4.90. The van der Waals surface area contributed by atoms with Crippen molar-refractivity contribution in [2.45, 2.75) is 38.6 Å². The van der Waals surface area contributed by atoms with Crippen LogP contribution in [-0.4, -0.2) is 21.5 Å². The normalized spacial score (nSPS) is 14.2. The van der Waals surface area contributed by atoms with E-state index in [2.05, 4.69) is 18.9 Å². The van der Waals surface area contributed by atoms with Crippen molar-refractivity contribution >= 4 is 0 Å². The van der Waals surface area contributed by atoms with Crippen LogP contribution in [0.25, 0.3) is 0 Å². The van der Waals surface area contributed by atoms with Gasteiger partial charge in [-0.25, -0.2) is 4.39 Å². The van der Waals surface area contributed by atoms with Gasteiger partial charge in [0.25, 0.3) is 0 Å². The van der Waals surface area contributed by atoms with Crippen LogP contribution >= 0.6 is 0 Å². The minimum absolute atomic E-state index is 0.0296. The van der Waals surface area contributed by atoms with E-state index in [-0.39, 0.29) is 18.3 Å². The summed E-state index contributed by atoms with van der Waals surface area (Å²) in [4.78, 5) is 0. The van der Waals surface area contributed by atoms with Gasteiger partial charge >= 0.3 is 0 Å². The Hall–Kier alpha value is -1.68. The number of rotatable bonds is 6. The number of aliphatic hydroxyl groups is 1. The van der Waals surface area contributed by atoms with Crippen LogP contribution in [0.5, 0.6) is 0 Å².